The molecule has 0 radical (unpaired) electrons. The average Bonchev–Trinajstić information content (AvgIpc) is 2.63. The quantitative estimate of drug-likeness (QED) is 0.861. The van der Waals surface area contributed by atoms with Gasteiger partial charge < -0.3 is 5.32 Å². The second-order valence-corrected chi connectivity index (χ2v) is 5.68. The third-order valence-corrected chi connectivity index (χ3v) is 3.53. The zero-order valence-electron chi connectivity index (χ0n) is 9.77. The highest BCUT2D eigenvalue weighted by atomic mass is 35.5. The van der Waals surface area contributed by atoms with E-state index in [1.165, 1.54) is 9.75 Å². The summed E-state index contributed by atoms with van der Waals surface area (Å²) in [6.45, 7) is 4.25. The fourth-order valence-electron chi connectivity index (χ4n) is 1.62. The highest BCUT2D eigenvalue weighted by Gasteiger charge is 2.06. The minimum absolute atomic E-state index is 0.272. The number of hydrogen-bond acceptors (Lipinski definition) is 4. The molecule has 0 fully saturated rings. The smallest absolute Gasteiger partial charge is 0.224 e. The molecule has 1 unspecified atom stereocenters. The third-order valence-electron chi connectivity index (χ3n) is 2.32. The monoisotopic (exact) mass is 267 g/mol. The van der Waals surface area contributed by atoms with E-state index in [1.807, 2.05) is 17.4 Å². The summed E-state index contributed by atoms with van der Waals surface area (Å²) in [5.74, 6) is 0.769. The molecule has 0 bridgehead atoms. The van der Waals surface area contributed by atoms with E-state index in [0.29, 0.717) is 6.04 Å². The fraction of sp³-hybridized carbons (Fsp3) is 0.333. The van der Waals surface area contributed by atoms with E-state index < -0.39 is 0 Å². The lowest BCUT2D eigenvalue weighted by Crippen LogP contribution is -2.18. The minimum Gasteiger partial charge on any atom is -0.367 e. The van der Waals surface area contributed by atoms with Crippen molar-refractivity contribution in [3.8, 4) is 0 Å². The Hall–Kier alpha value is -1.13. The van der Waals surface area contributed by atoms with Crippen LogP contribution in [-0.2, 0) is 6.42 Å². The molecule has 0 saturated carbocycles. The van der Waals surface area contributed by atoms with Gasteiger partial charge in [0.1, 0.15) is 5.82 Å². The molecule has 0 spiro atoms. The summed E-state index contributed by atoms with van der Waals surface area (Å²) in [6, 6.07) is 6.46. The summed E-state index contributed by atoms with van der Waals surface area (Å²) in [6.07, 6.45) is 2.64. The molecule has 90 valence electrons. The average molecular weight is 268 g/mol. The van der Waals surface area contributed by atoms with Crippen molar-refractivity contribution < 1.29 is 0 Å². The molecule has 17 heavy (non-hydrogen) atoms. The second kappa shape index (κ2) is 5.47. The molecule has 0 saturated heterocycles. The Morgan fingerprint density at radius 3 is 2.88 bits per heavy atom. The van der Waals surface area contributed by atoms with Crippen LogP contribution >= 0.6 is 22.9 Å². The van der Waals surface area contributed by atoms with Gasteiger partial charge >= 0.3 is 0 Å². The maximum atomic E-state index is 5.73. The van der Waals surface area contributed by atoms with Crippen molar-refractivity contribution in [2.75, 3.05) is 5.32 Å². The highest BCUT2D eigenvalue weighted by Crippen LogP contribution is 2.18. The normalized spacial score (nSPS) is 12.4. The lowest BCUT2D eigenvalue weighted by atomic mass is 10.2. The Morgan fingerprint density at radius 2 is 2.24 bits per heavy atom. The molecule has 0 amide bonds. The van der Waals surface area contributed by atoms with Gasteiger partial charge in [0.15, 0.2) is 0 Å². The molecule has 1 N–H and O–H groups in total. The largest absolute Gasteiger partial charge is 0.367 e. The Bertz CT molecular complexity index is 498. The molecule has 2 aromatic rings. The molecule has 0 aromatic carbocycles. The molecule has 5 heteroatoms. The van der Waals surface area contributed by atoms with Crippen LogP contribution in [0.15, 0.2) is 24.4 Å². The predicted octanol–water partition coefficient (Wildman–Crippen LogP) is 3.54. The van der Waals surface area contributed by atoms with E-state index in [-0.39, 0.29) is 5.28 Å². The third kappa shape index (κ3) is 3.68. The van der Waals surface area contributed by atoms with Crippen molar-refractivity contribution in [3.05, 3.63) is 39.4 Å². The number of anilines is 1. The summed E-state index contributed by atoms with van der Waals surface area (Å²) in [5, 5.41) is 3.58. The number of nitrogens with one attached hydrogen (secondary N) is 1. The SMILES string of the molecule is Cc1ccc(CC(C)Nc2ccnc(Cl)n2)s1. The Kier molecular flexibility index (Phi) is 3.97. The Morgan fingerprint density at radius 1 is 1.41 bits per heavy atom. The van der Waals surface area contributed by atoms with Crippen LogP contribution in [0.1, 0.15) is 16.7 Å². The van der Waals surface area contributed by atoms with E-state index in [4.69, 9.17) is 11.6 Å². The van der Waals surface area contributed by atoms with E-state index in [0.717, 1.165) is 12.2 Å². The first-order chi connectivity index (χ1) is 8.13. The molecule has 2 rings (SSSR count). The summed E-state index contributed by atoms with van der Waals surface area (Å²) in [5.41, 5.74) is 0. The molecule has 0 aliphatic rings. The molecular formula is C12H14ClN3S. The zero-order valence-corrected chi connectivity index (χ0v) is 11.3. The van der Waals surface area contributed by atoms with Crippen molar-refractivity contribution in [2.24, 2.45) is 0 Å². The van der Waals surface area contributed by atoms with Crippen LogP contribution < -0.4 is 5.32 Å². The molecule has 2 aromatic heterocycles. The lowest BCUT2D eigenvalue weighted by molar-refractivity contribution is 0.793. The van der Waals surface area contributed by atoms with Gasteiger partial charge in [-0.25, -0.2) is 9.97 Å². The minimum atomic E-state index is 0.272. The second-order valence-electron chi connectivity index (χ2n) is 3.97. The van der Waals surface area contributed by atoms with Gasteiger partial charge in [-0.3, -0.25) is 0 Å². The number of hydrogen-bond donors (Lipinski definition) is 1. The van der Waals surface area contributed by atoms with Crippen LogP contribution in [0.3, 0.4) is 0 Å². The summed E-state index contributed by atoms with van der Waals surface area (Å²) >= 11 is 7.56. The van der Waals surface area contributed by atoms with Gasteiger partial charge in [-0.15, -0.1) is 11.3 Å². The molecular weight excluding hydrogens is 254 g/mol. The van der Waals surface area contributed by atoms with Gasteiger partial charge in [-0.2, -0.15) is 0 Å². The Labute approximate surface area is 110 Å². The van der Waals surface area contributed by atoms with Crippen LogP contribution in [0.4, 0.5) is 5.82 Å². The van der Waals surface area contributed by atoms with Gasteiger partial charge in [-0.1, -0.05) is 0 Å². The van der Waals surface area contributed by atoms with Crippen molar-refractivity contribution in [3.63, 3.8) is 0 Å². The highest BCUT2D eigenvalue weighted by molar-refractivity contribution is 7.11. The van der Waals surface area contributed by atoms with Crippen LogP contribution in [0.25, 0.3) is 0 Å². The lowest BCUT2D eigenvalue weighted by Gasteiger charge is -2.13. The first-order valence-corrected chi connectivity index (χ1v) is 6.63. The maximum Gasteiger partial charge on any atom is 0.224 e. The van der Waals surface area contributed by atoms with Gasteiger partial charge in [0.2, 0.25) is 5.28 Å². The summed E-state index contributed by atoms with van der Waals surface area (Å²) in [7, 11) is 0. The topological polar surface area (TPSA) is 37.8 Å². The molecule has 0 aliphatic carbocycles. The summed E-state index contributed by atoms with van der Waals surface area (Å²) < 4.78 is 0. The van der Waals surface area contributed by atoms with Gasteiger partial charge in [0.25, 0.3) is 0 Å². The Balaban J connectivity index is 1.95. The van der Waals surface area contributed by atoms with Crippen molar-refractivity contribution >= 4 is 28.8 Å². The van der Waals surface area contributed by atoms with Crippen LogP contribution in [0, 0.1) is 6.92 Å². The van der Waals surface area contributed by atoms with Crippen LogP contribution in [-0.4, -0.2) is 16.0 Å². The van der Waals surface area contributed by atoms with E-state index in [9.17, 15) is 0 Å². The molecule has 3 nitrogen and oxygen atoms in total. The number of thiophene rings is 1. The number of rotatable bonds is 4. The molecule has 2 heterocycles. The number of nitrogens with zero attached hydrogens (tertiary/aromatic N) is 2. The standard InChI is InChI=1S/C12H14ClN3S/c1-8(7-10-4-3-9(2)17-10)15-11-5-6-14-12(13)16-11/h3-6,8H,7H2,1-2H3,(H,14,15,16). The van der Waals surface area contributed by atoms with E-state index >= 15 is 0 Å². The van der Waals surface area contributed by atoms with Crippen LogP contribution in [0.2, 0.25) is 5.28 Å². The van der Waals surface area contributed by atoms with Gasteiger partial charge in [0, 0.05) is 28.4 Å². The van der Waals surface area contributed by atoms with Crippen molar-refractivity contribution in [2.45, 2.75) is 26.3 Å². The molecule has 1 atom stereocenters. The van der Waals surface area contributed by atoms with E-state index in [2.05, 4.69) is 41.3 Å². The van der Waals surface area contributed by atoms with E-state index in [1.54, 1.807) is 6.20 Å². The molecule has 0 aliphatic heterocycles. The van der Waals surface area contributed by atoms with Crippen molar-refractivity contribution in [1.82, 2.24) is 9.97 Å². The first kappa shape index (κ1) is 12.3. The number of halogens is 1. The van der Waals surface area contributed by atoms with Gasteiger partial charge in [-0.05, 0) is 43.6 Å². The first-order valence-electron chi connectivity index (χ1n) is 5.44. The maximum absolute atomic E-state index is 5.73. The number of aromatic nitrogens is 2. The summed E-state index contributed by atoms with van der Waals surface area (Å²) in [4.78, 5) is 10.7. The predicted molar refractivity (Wildman–Crippen MR) is 72.9 cm³/mol. The van der Waals surface area contributed by atoms with Gasteiger partial charge in [0.05, 0.1) is 0 Å². The zero-order chi connectivity index (χ0) is 12.3. The van der Waals surface area contributed by atoms with Crippen LogP contribution in [0.5, 0.6) is 0 Å². The van der Waals surface area contributed by atoms with Crippen molar-refractivity contribution in [1.29, 1.82) is 0 Å². The fourth-order valence-corrected chi connectivity index (χ4v) is 2.78. The number of aryl methyl sites for hydroxylation is 1.